The van der Waals surface area contributed by atoms with Gasteiger partial charge in [0, 0.05) is 18.9 Å². The van der Waals surface area contributed by atoms with Crippen molar-refractivity contribution in [2.75, 3.05) is 6.54 Å². The lowest BCUT2D eigenvalue weighted by atomic mass is 9.91. The van der Waals surface area contributed by atoms with Crippen molar-refractivity contribution in [1.29, 1.82) is 0 Å². The second-order valence-corrected chi connectivity index (χ2v) is 6.16. The summed E-state index contributed by atoms with van der Waals surface area (Å²) in [6, 6.07) is 20.2. The molecule has 0 aliphatic carbocycles. The van der Waals surface area contributed by atoms with Gasteiger partial charge in [-0.15, -0.1) is 0 Å². The summed E-state index contributed by atoms with van der Waals surface area (Å²) >= 11 is 0. The Kier molecular flexibility index (Phi) is 6.09. The van der Waals surface area contributed by atoms with Gasteiger partial charge in [-0.1, -0.05) is 54.6 Å². The van der Waals surface area contributed by atoms with Gasteiger partial charge >= 0.3 is 0 Å². The maximum absolute atomic E-state index is 13.7. The van der Waals surface area contributed by atoms with Crippen LogP contribution in [0.2, 0.25) is 0 Å². The molecule has 26 heavy (non-hydrogen) atoms. The topological polar surface area (TPSA) is 42.0 Å². The molecule has 1 amide bonds. The summed E-state index contributed by atoms with van der Waals surface area (Å²) < 4.78 is 13.7. The number of hydrogen-bond acceptors (Lipinski definition) is 2. The average molecular weight is 348 g/mol. The van der Waals surface area contributed by atoms with Crippen LogP contribution in [0.25, 0.3) is 0 Å². The van der Waals surface area contributed by atoms with E-state index in [2.05, 4.69) is 10.3 Å². The van der Waals surface area contributed by atoms with E-state index in [1.807, 2.05) is 42.5 Å². The molecule has 132 valence electrons. The van der Waals surface area contributed by atoms with Crippen LogP contribution in [0.1, 0.15) is 22.6 Å². The van der Waals surface area contributed by atoms with Gasteiger partial charge in [0.2, 0.25) is 5.91 Å². The molecule has 1 N–H and O–H groups in total. The van der Waals surface area contributed by atoms with Gasteiger partial charge in [0.1, 0.15) is 5.82 Å². The molecule has 0 radical (unpaired) electrons. The van der Waals surface area contributed by atoms with Gasteiger partial charge in [-0.2, -0.15) is 0 Å². The third kappa shape index (κ3) is 4.76. The second-order valence-electron chi connectivity index (χ2n) is 6.16. The first-order valence-electron chi connectivity index (χ1n) is 8.69. The first-order chi connectivity index (χ1) is 12.7. The number of hydrogen-bond donors (Lipinski definition) is 1. The normalized spacial score (nSPS) is 11.7. The molecule has 0 spiro atoms. The van der Waals surface area contributed by atoms with Gasteiger partial charge < -0.3 is 5.32 Å². The minimum Gasteiger partial charge on any atom is -0.355 e. The SMILES string of the molecule is O=C(NCCc1ccccc1F)C(Cc1cccnc1)c1ccccc1. The highest BCUT2D eigenvalue weighted by molar-refractivity contribution is 5.84. The number of benzene rings is 2. The van der Waals surface area contributed by atoms with E-state index in [4.69, 9.17) is 0 Å². The fourth-order valence-electron chi connectivity index (χ4n) is 2.95. The van der Waals surface area contributed by atoms with Crippen molar-refractivity contribution < 1.29 is 9.18 Å². The first-order valence-corrected chi connectivity index (χ1v) is 8.69. The van der Waals surface area contributed by atoms with Crippen molar-refractivity contribution in [3.63, 3.8) is 0 Å². The van der Waals surface area contributed by atoms with E-state index < -0.39 is 0 Å². The molecule has 0 fully saturated rings. The maximum Gasteiger partial charge on any atom is 0.227 e. The Morgan fingerprint density at radius 1 is 1.00 bits per heavy atom. The molecule has 1 unspecified atom stereocenters. The minimum atomic E-state index is -0.305. The van der Waals surface area contributed by atoms with Crippen LogP contribution in [0.15, 0.2) is 79.1 Å². The van der Waals surface area contributed by atoms with Crippen LogP contribution in [-0.2, 0) is 17.6 Å². The zero-order valence-corrected chi connectivity index (χ0v) is 14.4. The molecule has 0 saturated heterocycles. The zero-order valence-electron chi connectivity index (χ0n) is 14.4. The standard InChI is InChI=1S/C22H21FN2O/c23-21-11-5-4-10-19(21)12-14-25-22(26)20(18-8-2-1-3-9-18)15-17-7-6-13-24-16-17/h1-11,13,16,20H,12,14-15H2,(H,25,26). The molecule has 0 aliphatic rings. The van der Waals surface area contributed by atoms with Crippen LogP contribution >= 0.6 is 0 Å². The van der Waals surface area contributed by atoms with Gasteiger partial charge in [0.25, 0.3) is 0 Å². The predicted octanol–water partition coefficient (Wildman–Crippen LogP) is 3.91. The van der Waals surface area contributed by atoms with E-state index in [1.54, 1.807) is 30.6 Å². The average Bonchev–Trinajstić information content (AvgIpc) is 2.69. The summed E-state index contributed by atoms with van der Waals surface area (Å²) in [6.07, 6.45) is 4.54. The third-order valence-electron chi connectivity index (χ3n) is 4.33. The van der Waals surface area contributed by atoms with Crippen LogP contribution in [0, 0.1) is 5.82 Å². The number of amides is 1. The number of aromatic nitrogens is 1. The monoisotopic (exact) mass is 348 g/mol. The fraction of sp³-hybridized carbons (Fsp3) is 0.182. The lowest BCUT2D eigenvalue weighted by Gasteiger charge is -2.17. The molecule has 1 aromatic heterocycles. The maximum atomic E-state index is 13.7. The van der Waals surface area contributed by atoms with Crippen LogP contribution in [0.3, 0.4) is 0 Å². The lowest BCUT2D eigenvalue weighted by Crippen LogP contribution is -2.32. The molecule has 1 atom stereocenters. The van der Waals surface area contributed by atoms with Gasteiger partial charge in [0.15, 0.2) is 0 Å². The molecule has 3 rings (SSSR count). The van der Waals surface area contributed by atoms with Crippen LogP contribution in [0.5, 0.6) is 0 Å². The Balaban J connectivity index is 1.68. The van der Waals surface area contributed by atoms with Crippen molar-refractivity contribution in [3.05, 3.63) is 102 Å². The highest BCUT2D eigenvalue weighted by atomic mass is 19.1. The summed E-state index contributed by atoms with van der Waals surface area (Å²) in [5.41, 5.74) is 2.57. The smallest absolute Gasteiger partial charge is 0.227 e. The third-order valence-corrected chi connectivity index (χ3v) is 4.33. The summed E-state index contributed by atoms with van der Waals surface area (Å²) in [5.74, 6) is -0.603. The number of carbonyl (C=O) groups excluding carboxylic acids is 1. The number of rotatable bonds is 7. The van der Waals surface area contributed by atoms with Crippen molar-refractivity contribution in [2.45, 2.75) is 18.8 Å². The van der Waals surface area contributed by atoms with Gasteiger partial charge in [0.05, 0.1) is 5.92 Å². The van der Waals surface area contributed by atoms with E-state index in [0.717, 1.165) is 11.1 Å². The quantitative estimate of drug-likeness (QED) is 0.703. The largest absolute Gasteiger partial charge is 0.355 e. The van der Waals surface area contributed by atoms with Crippen LogP contribution in [-0.4, -0.2) is 17.4 Å². The van der Waals surface area contributed by atoms with Crippen molar-refractivity contribution in [3.8, 4) is 0 Å². The number of nitrogens with one attached hydrogen (secondary N) is 1. The van der Waals surface area contributed by atoms with Gasteiger partial charge in [-0.25, -0.2) is 4.39 Å². The summed E-state index contributed by atoms with van der Waals surface area (Å²) in [6.45, 7) is 0.399. The molecule has 1 heterocycles. The summed E-state index contributed by atoms with van der Waals surface area (Å²) in [5, 5.41) is 2.95. The highest BCUT2D eigenvalue weighted by Gasteiger charge is 2.20. The van der Waals surface area contributed by atoms with Gasteiger partial charge in [-0.05, 0) is 41.7 Å². The second kappa shape index (κ2) is 8.90. The van der Waals surface area contributed by atoms with E-state index in [1.165, 1.54) is 6.07 Å². The lowest BCUT2D eigenvalue weighted by molar-refractivity contribution is -0.122. The number of carbonyl (C=O) groups is 1. The van der Waals surface area contributed by atoms with Crippen molar-refractivity contribution in [1.82, 2.24) is 10.3 Å². The summed E-state index contributed by atoms with van der Waals surface area (Å²) in [7, 11) is 0. The fourth-order valence-corrected chi connectivity index (χ4v) is 2.95. The molecule has 4 heteroatoms. The first kappa shape index (κ1) is 17.8. The van der Waals surface area contributed by atoms with Gasteiger partial charge in [-0.3, -0.25) is 9.78 Å². The minimum absolute atomic E-state index is 0.0589. The number of pyridine rings is 1. The Labute approximate surface area is 152 Å². The van der Waals surface area contributed by atoms with E-state index >= 15 is 0 Å². The van der Waals surface area contributed by atoms with E-state index in [9.17, 15) is 9.18 Å². The Morgan fingerprint density at radius 3 is 2.50 bits per heavy atom. The molecule has 0 saturated carbocycles. The Morgan fingerprint density at radius 2 is 1.77 bits per heavy atom. The molecular formula is C22H21FN2O. The van der Waals surface area contributed by atoms with Crippen molar-refractivity contribution in [2.24, 2.45) is 0 Å². The molecule has 3 nitrogen and oxygen atoms in total. The van der Waals surface area contributed by atoms with E-state index in [0.29, 0.717) is 24.9 Å². The Hall–Kier alpha value is -3.01. The highest BCUT2D eigenvalue weighted by Crippen LogP contribution is 2.21. The van der Waals surface area contributed by atoms with E-state index in [-0.39, 0.29) is 17.6 Å². The molecular weight excluding hydrogens is 327 g/mol. The molecule has 0 aliphatic heterocycles. The molecule has 3 aromatic rings. The van der Waals surface area contributed by atoms with Crippen LogP contribution in [0.4, 0.5) is 4.39 Å². The summed E-state index contributed by atoms with van der Waals surface area (Å²) in [4.78, 5) is 16.9. The zero-order chi connectivity index (χ0) is 18.2. The predicted molar refractivity (Wildman–Crippen MR) is 100 cm³/mol. The molecule has 0 bridgehead atoms. The van der Waals surface area contributed by atoms with Crippen molar-refractivity contribution >= 4 is 5.91 Å². The van der Waals surface area contributed by atoms with Crippen LogP contribution < -0.4 is 5.32 Å². The number of nitrogens with zero attached hydrogens (tertiary/aromatic N) is 1. The number of halogens is 1. The Bertz CT molecular complexity index is 837. The molecule has 2 aromatic carbocycles.